The van der Waals surface area contributed by atoms with Crippen LogP contribution in [-0.2, 0) is 6.54 Å². The van der Waals surface area contributed by atoms with Crippen LogP contribution in [0.1, 0.15) is 5.56 Å². The van der Waals surface area contributed by atoms with Gasteiger partial charge in [-0.1, -0.05) is 6.07 Å². The summed E-state index contributed by atoms with van der Waals surface area (Å²) in [7, 11) is 0. The van der Waals surface area contributed by atoms with Gasteiger partial charge in [0.1, 0.15) is 5.82 Å². The van der Waals surface area contributed by atoms with Crippen LogP contribution < -0.4 is 5.73 Å². The van der Waals surface area contributed by atoms with E-state index in [9.17, 15) is 0 Å². The fourth-order valence-electron chi connectivity index (χ4n) is 1.58. The van der Waals surface area contributed by atoms with Crippen molar-refractivity contribution in [3.05, 3.63) is 23.9 Å². The average Bonchev–Trinajstić information content (AvgIpc) is 2.23. The van der Waals surface area contributed by atoms with E-state index in [1.165, 1.54) is 24.6 Å². The molecule has 76 valence electrons. The van der Waals surface area contributed by atoms with Gasteiger partial charge < -0.3 is 5.73 Å². The van der Waals surface area contributed by atoms with Gasteiger partial charge in [-0.2, -0.15) is 11.8 Å². The molecular formula is C10H15N3S. The number of pyridine rings is 1. The Hall–Kier alpha value is -0.740. The molecule has 1 aliphatic heterocycles. The maximum absolute atomic E-state index is 5.79. The maximum atomic E-state index is 5.79. The summed E-state index contributed by atoms with van der Waals surface area (Å²) in [6, 6.07) is 4.01. The predicted molar refractivity (Wildman–Crippen MR) is 61.3 cm³/mol. The van der Waals surface area contributed by atoms with Crippen molar-refractivity contribution in [1.82, 2.24) is 9.88 Å². The van der Waals surface area contributed by atoms with Gasteiger partial charge in [0.05, 0.1) is 0 Å². The Kier molecular flexibility index (Phi) is 3.26. The molecule has 1 fully saturated rings. The van der Waals surface area contributed by atoms with Crippen LogP contribution in [0.3, 0.4) is 0 Å². The molecule has 4 heteroatoms. The molecule has 0 aromatic carbocycles. The van der Waals surface area contributed by atoms with Gasteiger partial charge in [0.25, 0.3) is 0 Å². The van der Waals surface area contributed by atoms with Crippen LogP contribution in [0.5, 0.6) is 0 Å². The van der Waals surface area contributed by atoms with Crippen molar-refractivity contribution in [2.75, 3.05) is 30.3 Å². The molecular weight excluding hydrogens is 194 g/mol. The molecule has 0 amide bonds. The first-order valence-corrected chi connectivity index (χ1v) is 6.01. The van der Waals surface area contributed by atoms with Gasteiger partial charge in [0.2, 0.25) is 0 Å². The standard InChI is InChI=1S/C10H15N3S/c11-10-9(2-1-3-12-10)8-13-4-6-14-7-5-13/h1-3H,4-8H2,(H2,11,12). The minimum absolute atomic E-state index is 0.672. The number of hydrogen-bond donors (Lipinski definition) is 1. The van der Waals surface area contributed by atoms with Crippen LogP contribution in [-0.4, -0.2) is 34.5 Å². The number of hydrogen-bond acceptors (Lipinski definition) is 4. The first-order chi connectivity index (χ1) is 6.86. The summed E-state index contributed by atoms with van der Waals surface area (Å²) in [5, 5.41) is 0. The van der Waals surface area contributed by atoms with E-state index in [0.29, 0.717) is 5.82 Å². The first-order valence-electron chi connectivity index (χ1n) is 4.86. The van der Waals surface area contributed by atoms with Crippen molar-refractivity contribution in [3.63, 3.8) is 0 Å². The van der Waals surface area contributed by atoms with Crippen LogP contribution in [0.15, 0.2) is 18.3 Å². The number of aromatic nitrogens is 1. The molecule has 14 heavy (non-hydrogen) atoms. The van der Waals surface area contributed by atoms with E-state index in [-0.39, 0.29) is 0 Å². The minimum atomic E-state index is 0.672. The quantitative estimate of drug-likeness (QED) is 0.795. The largest absolute Gasteiger partial charge is 0.383 e. The fraction of sp³-hybridized carbons (Fsp3) is 0.500. The Morgan fingerprint density at radius 2 is 2.21 bits per heavy atom. The van der Waals surface area contributed by atoms with Gasteiger partial charge in [-0.25, -0.2) is 4.98 Å². The molecule has 1 aromatic heterocycles. The van der Waals surface area contributed by atoms with E-state index in [0.717, 1.165) is 12.1 Å². The number of anilines is 1. The highest BCUT2D eigenvalue weighted by atomic mass is 32.2. The zero-order valence-electron chi connectivity index (χ0n) is 8.15. The third-order valence-corrected chi connectivity index (χ3v) is 3.37. The van der Waals surface area contributed by atoms with Gasteiger partial charge in [-0.05, 0) is 6.07 Å². The second kappa shape index (κ2) is 4.66. The lowest BCUT2D eigenvalue weighted by Gasteiger charge is -2.26. The van der Waals surface area contributed by atoms with Gasteiger partial charge in [-0.3, -0.25) is 4.90 Å². The summed E-state index contributed by atoms with van der Waals surface area (Å²) < 4.78 is 0. The summed E-state index contributed by atoms with van der Waals surface area (Å²) in [5.74, 6) is 3.14. The van der Waals surface area contributed by atoms with Crippen LogP contribution >= 0.6 is 11.8 Å². The van der Waals surface area contributed by atoms with Crippen LogP contribution in [0.25, 0.3) is 0 Å². The molecule has 3 nitrogen and oxygen atoms in total. The van der Waals surface area contributed by atoms with Gasteiger partial charge in [0.15, 0.2) is 0 Å². The molecule has 0 atom stereocenters. The first kappa shape index (κ1) is 9.80. The second-order valence-electron chi connectivity index (χ2n) is 3.44. The molecule has 0 unspecified atom stereocenters. The fourth-order valence-corrected chi connectivity index (χ4v) is 2.56. The van der Waals surface area contributed by atoms with Crippen molar-refractivity contribution >= 4 is 17.6 Å². The predicted octanol–water partition coefficient (Wildman–Crippen LogP) is 1.21. The average molecular weight is 209 g/mol. The molecule has 0 aliphatic carbocycles. The van der Waals surface area contributed by atoms with Crippen LogP contribution in [0.2, 0.25) is 0 Å². The van der Waals surface area contributed by atoms with Gasteiger partial charge in [0, 0.05) is 42.9 Å². The highest BCUT2D eigenvalue weighted by Crippen LogP contribution is 2.15. The Balaban J connectivity index is 1.99. The number of nitrogens with zero attached hydrogens (tertiary/aromatic N) is 2. The van der Waals surface area contributed by atoms with E-state index >= 15 is 0 Å². The lowest BCUT2D eigenvalue weighted by Crippen LogP contribution is -2.32. The highest BCUT2D eigenvalue weighted by Gasteiger charge is 2.11. The van der Waals surface area contributed by atoms with Crippen molar-refractivity contribution in [3.8, 4) is 0 Å². The van der Waals surface area contributed by atoms with E-state index < -0.39 is 0 Å². The maximum Gasteiger partial charge on any atom is 0.127 e. The van der Waals surface area contributed by atoms with Crippen molar-refractivity contribution < 1.29 is 0 Å². The topological polar surface area (TPSA) is 42.1 Å². The molecule has 1 saturated heterocycles. The number of thioether (sulfide) groups is 1. The highest BCUT2D eigenvalue weighted by molar-refractivity contribution is 7.99. The summed E-state index contributed by atoms with van der Waals surface area (Å²) in [4.78, 5) is 6.52. The van der Waals surface area contributed by atoms with E-state index in [4.69, 9.17) is 5.73 Å². The third-order valence-electron chi connectivity index (χ3n) is 2.42. The third kappa shape index (κ3) is 2.39. The number of nitrogen functional groups attached to an aromatic ring is 1. The molecule has 2 rings (SSSR count). The van der Waals surface area contributed by atoms with Crippen LogP contribution in [0, 0.1) is 0 Å². The zero-order chi connectivity index (χ0) is 9.80. The molecule has 2 heterocycles. The van der Waals surface area contributed by atoms with Crippen molar-refractivity contribution in [2.45, 2.75) is 6.54 Å². The molecule has 0 saturated carbocycles. The molecule has 0 radical (unpaired) electrons. The van der Waals surface area contributed by atoms with Crippen LogP contribution in [0.4, 0.5) is 5.82 Å². The van der Waals surface area contributed by atoms with Crippen molar-refractivity contribution in [1.29, 1.82) is 0 Å². The molecule has 1 aliphatic rings. The monoisotopic (exact) mass is 209 g/mol. The number of rotatable bonds is 2. The number of nitrogens with two attached hydrogens (primary N) is 1. The Morgan fingerprint density at radius 1 is 1.43 bits per heavy atom. The summed E-state index contributed by atoms with van der Waals surface area (Å²) in [6.07, 6.45) is 1.74. The molecule has 0 spiro atoms. The van der Waals surface area contributed by atoms with E-state index in [1.807, 2.05) is 17.8 Å². The lowest BCUT2D eigenvalue weighted by molar-refractivity contribution is 0.295. The van der Waals surface area contributed by atoms with Gasteiger partial charge >= 0.3 is 0 Å². The molecule has 1 aromatic rings. The summed E-state index contributed by atoms with van der Waals surface area (Å²) in [5.41, 5.74) is 6.95. The minimum Gasteiger partial charge on any atom is -0.383 e. The molecule has 2 N–H and O–H groups in total. The van der Waals surface area contributed by atoms with E-state index in [1.54, 1.807) is 6.20 Å². The SMILES string of the molecule is Nc1ncccc1CN1CCSCC1. The Labute approximate surface area is 88.7 Å². The molecule has 0 bridgehead atoms. The Bertz CT molecular complexity index is 297. The van der Waals surface area contributed by atoms with E-state index in [2.05, 4.69) is 16.0 Å². The smallest absolute Gasteiger partial charge is 0.127 e. The normalized spacial score (nSPS) is 18.3. The second-order valence-corrected chi connectivity index (χ2v) is 4.66. The summed E-state index contributed by atoms with van der Waals surface area (Å²) in [6.45, 7) is 3.28. The lowest BCUT2D eigenvalue weighted by atomic mass is 10.2. The van der Waals surface area contributed by atoms with Gasteiger partial charge in [-0.15, -0.1) is 0 Å². The Morgan fingerprint density at radius 3 is 2.93 bits per heavy atom. The zero-order valence-corrected chi connectivity index (χ0v) is 8.96. The van der Waals surface area contributed by atoms with Crippen molar-refractivity contribution in [2.24, 2.45) is 0 Å². The summed E-state index contributed by atoms with van der Waals surface area (Å²) >= 11 is 2.02.